The van der Waals surface area contributed by atoms with Crippen LogP contribution in [0.4, 0.5) is 0 Å². The van der Waals surface area contributed by atoms with E-state index >= 15 is 0 Å². The van der Waals surface area contributed by atoms with Gasteiger partial charge in [0.15, 0.2) is 11.5 Å². The summed E-state index contributed by atoms with van der Waals surface area (Å²) in [5, 5.41) is 0. The number of rotatable bonds is 7. The summed E-state index contributed by atoms with van der Waals surface area (Å²) in [6.07, 6.45) is 2.20. The van der Waals surface area contributed by atoms with Crippen molar-refractivity contribution in [3.63, 3.8) is 0 Å². The van der Waals surface area contributed by atoms with Gasteiger partial charge < -0.3 is 23.7 Å². The number of hydrogen-bond donors (Lipinski definition) is 0. The van der Waals surface area contributed by atoms with Crippen molar-refractivity contribution in [2.75, 3.05) is 13.9 Å². The molecular formula is C21H22O7. The molecule has 0 aliphatic carbocycles. The van der Waals surface area contributed by atoms with E-state index < -0.39 is 11.9 Å². The van der Waals surface area contributed by atoms with Crippen molar-refractivity contribution in [1.82, 2.24) is 0 Å². The third kappa shape index (κ3) is 4.73. The predicted octanol–water partition coefficient (Wildman–Crippen LogP) is 3.45. The summed E-state index contributed by atoms with van der Waals surface area (Å²) in [4.78, 5) is 22.6. The van der Waals surface area contributed by atoms with E-state index in [4.69, 9.17) is 23.7 Å². The van der Waals surface area contributed by atoms with Gasteiger partial charge in [0, 0.05) is 26.0 Å². The minimum atomic E-state index is -0.434. The lowest BCUT2D eigenvalue weighted by Crippen LogP contribution is -2.06. The van der Waals surface area contributed by atoms with Crippen molar-refractivity contribution in [2.24, 2.45) is 0 Å². The Morgan fingerprint density at radius 2 is 1.57 bits per heavy atom. The molecule has 2 aromatic rings. The number of fused-ring (bicyclic) bond motifs is 1. The Morgan fingerprint density at radius 3 is 2.25 bits per heavy atom. The maximum Gasteiger partial charge on any atom is 0.308 e. The van der Waals surface area contributed by atoms with E-state index in [0.717, 1.165) is 29.7 Å². The zero-order valence-electron chi connectivity index (χ0n) is 16.1. The van der Waals surface area contributed by atoms with Gasteiger partial charge in [0.25, 0.3) is 0 Å². The molecule has 1 aliphatic rings. The summed E-state index contributed by atoms with van der Waals surface area (Å²) in [6, 6.07) is 8.80. The van der Waals surface area contributed by atoms with E-state index in [-0.39, 0.29) is 6.79 Å². The molecule has 0 bridgehead atoms. The number of carbonyl (C=O) groups is 2. The van der Waals surface area contributed by atoms with Crippen LogP contribution in [0.3, 0.4) is 0 Å². The minimum absolute atomic E-state index is 0.211. The molecule has 1 heterocycles. The van der Waals surface area contributed by atoms with Crippen molar-refractivity contribution in [1.29, 1.82) is 0 Å². The first-order chi connectivity index (χ1) is 13.5. The van der Waals surface area contributed by atoms with E-state index in [1.807, 2.05) is 12.1 Å². The van der Waals surface area contributed by atoms with Crippen molar-refractivity contribution in [2.45, 2.75) is 33.1 Å². The first kappa shape index (κ1) is 19.5. The number of esters is 2. The van der Waals surface area contributed by atoms with Crippen LogP contribution in [0.15, 0.2) is 30.3 Å². The molecular weight excluding hydrogens is 364 g/mol. The highest BCUT2D eigenvalue weighted by atomic mass is 16.7. The second-order valence-corrected chi connectivity index (χ2v) is 6.33. The lowest BCUT2D eigenvalue weighted by molar-refractivity contribution is -0.132. The van der Waals surface area contributed by atoms with E-state index in [9.17, 15) is 9.59 Å². The fourth-order valence-corrected chi connectivity index (χ4v) is 3.04. The summed E-state index contributed by atoms with van der Waals surface area (Å²) < 4.78 is 26.6. The molecule has 0 saturated carbocycles. The molecule has 0 saturated heterocycles. The highest BCUT2D eigenvalue weighted by Gasteiger charge is 2.18. The highest BCUT2D eigenvalue weighted by Crippen LogP contribution is 2.38. The lowest BCUT2D eigenvalue weighted by atomic mass is 10.0. The third-order valence-corrected chi connectivity index (χ3v) is 4.22. The van der Waals surface area contributed by atoms with E-state index in [2.05, 4.69) is 0 Å². The van der Waals surface area contributed by atoms with Gasteiger partial charge in [-0.2, -0.15) is 0 Å². The van der Waals surface area contributed by atoms with Gasteiger partial charge in [-0.3, -0.25) is 9.59 Å². The predicted molar refractivity (Wildman–Crippen MR) is 100 cm³/mol. The number of ether oxygens (including phenoxy) is 5. The molecule has 0 atom stereocenters. The second kappa shape index (κ2) is 8.65. The van der Waals surface area contributed by atoms with Crippen LogP contribution in [-0.4, -0.2) is 25.8 Å². The molecule has 7 nitrogen and oxygen atoms in total. The summed E-state index contributed by atoms with van der Waals surface area (Å²) in [6.45, 7) is 2.86. The molecule has 0 aromatic heterocycles. The van der Waals surface area contributed by atoms with Crippen molar-refractivity contribution >= 4 is 11.9 Å². The van der Waals surface area contributed by atoms with Crippen LogP contribution in [0.1, 0.15) is 31.4 Å². The van der Waals surface area contributed by atoms with Gasteiger partial charge in [0.05, 0.1) is 7.11 Å². The van der Waals surface area contributed by atoms with Gasteiger partial charge in [-0.15, -0.1) is 0 Å². The summed E-state index contributed by atoms with van der Waals surface area (Å²) >= 11 is 0. The molecule has 0 fully saturated rings. The van der Waals surface area contributed by atoms with Crippen LogP contribution in [0.25, 0.3) is 0 Å². The molecule has 0 spiro atoms. The molecule has 148 valence electrons. The molecule has 0 radical (unpaired) electrons. The maximum absolute atomic E-state index is 11.4. The van der Waals surface area contributed by atoms with Gasteiger partial charge in [-0.05, 0) is 42.5 Å². The zero-order valence-corrected chi connectivity index (χ0v) is 16.1. The second-order valence-electron chi connectivity index (χ2n) is 6.33. The number of methoxy groups -OCH3 is 1. The van der Waals surface area contributed by atoms with E-state index in [1.165, 1.54) is 13.8 Å². The average Bonchev–Trinajstić information content (AvgIpc) is 3.09. The molecule has 1 aliphatic heterocycles. The van der Waals surface area contributed by atoms with Crippen LogP contribution >= 0.6 is 0 Å². The molecule has 2 aromatic carbocycles. The molecule has 0 unspecified atom stereocenters. The third-order valence-electron chi connectivity index (χ3n) is 4.22. The quantitative estimate of drug-likeness (QED) is 0.532. The number of benzene rings is 2. The lowest BCUT2D eigenvalue weighted by Gasteiger charge is -2.12. The van der Waals surface area contributed by atoms with E-state index in [1.54, 1.807) is 25.3 Å². The van der Waals surface area contributed by atoms with Crippen molar-refractivity contribution < 1.29 is 33.3 Å². The minimum Gasteiger partial charge on any atom is -0.496 e. The molecule has 0 N–H and O–H groups in total. The Labute approximate surface area is 163 Å². The van der Waals surface area contributed by atoms with Crippen LogP contribution < -0.4 is 23.7 Å². The molecule has 0 amide bonds. The SMILES string of the molecule is COc1cc2c(cc1CCCc1ccc(OC(C)=O)cc1OC(C)=O)OCO2. The number of aryl methyl sites for hydroxylation is 2. The van der Waals surface area contributed by atoms with Gasteiger partial charge in [-0.1, -0.05) is 6.07 Å². The zero-order chi connectivity index (χ0) is 20.1. The fraction of sp³-hybridized carbons (Fsp3) is 0.333. The fourth-order valence-electron chi connectivity index (χ4n) is 3.04. The average molecular weight is 386 g/mol. The number of hydrogen-bond acceptors (Lipinski definition) is 7. The van der Waals surface area contributed by atoms with Crippen molar-refractivity contribution in [3.8, 4) is 28.7 Å². The van der Waals surface area contributed by atoms with E-state index in [0.29, 0.717) is 29.4 Å². The Hall–Kier alpha value is -3.22. The Morgan fingerprint density at radius 1 is 0.893 bits per heavy atom. The summed E-state index contributed by atoms with van der Waals surface area (Å²) in [5.41, 5.74) is 1.86. The molecule has 7 heteroatoms. The largest absolute Gasteiger partial charge is 0.496 e. The Kier molecular flexibility index (Phi) is 6.03. The number of carbonyl (C=O) groups excluding carboxylic acids is 2. The van der Waals surface area contributed by atoms with Crippen molar-refractivity contribution in [3.05, 3.63) is 41.5 Å². The van der Waals surface area contributed by atoms with Crippen LogP contribution in [0.5, 0.6) is 28.7 Å². The normalized spacial score (nSPS) is 11.8. The van der Waals surface area contributed by atoms with Gasteiger partial charge >= 0.3 is 11.9 Å². The van der Waals surface area contributed by atoms with Gasteiger partial charge in [0.1, 0.15) is 17.2 Å². The van der Waals surface area contributed by atoms with Crippen LogP contribution in [0, 0.1) is 0 Å². The smallest absolute Gasteiger partial charge is 0.308 e. The van der Waals surface area contributed by atoms with Gasteiger partial charge in [-0.25, -0.2) is 0 Å². The summed E-state index contributed by atoms with van der Waals surface area (Å²) in [5.74, 6) is 2.00. The highest BCUT2D eigenvalue weighted by molar-refractivity contribution is 5.71. The Balaban J connectivity index is 1.72. The topological polar surface area (TPSA) is 80.3 Å². The molecule has 28 heavy (non-hydrogen) atoms. The first-order valence-electron chi connectivity index (χ1n) is 8.92. The van der Waals surface area contributed by atoms with Crippen LogP contribution in [0.2, 0.25) is 0 Å². The monoisotopic (exact) mass is 386 g/mol. The first-order valence-corrected chi connectivity index (χ1v) is 8.92. The Bertz CT molecular complexity index is 889. The standard InChI is InChI=1S/C21H22O7/c1-13(22)27-17-8-7-15(19(10-17)28-14(2)23)5-4-6-16-9-20-21(26-12-25-20)11-18(16)24-3/h7-11H,4-6,12H2,1-3H3. The van der Waals surface area contributed by atoms with Crippen LogP contribution in [-0.2, 0) is 22.4 Å². The maximum atomic E-state index is 11.4. The summed E-state index contributed by atoms with van der Waals surface area (Å²) in [7, 11) is 1.62. The molecule has 3 rings (SSSR count). The van der Waals surface area contributed by atoms with Gasteiger partial charge in [0.2, 0.25) is 6.79 Å².